The minimum atomic E-state index is -2.80. The Hall–Kier alpha value is -1.94. The molecule has 0 fully saturated rings. The van der Waals surface area contributed by atoms with Gasteiger partial charge in [-0.15, -0.1) is 0 Å². The van der Waals surface area contributed by atoms with E-state index in [4.69, 9.17) is 5.73 Å². The van der Waals surface area contributed by atoms with Gasteiger partial charge in [0.25, 0.3) is 0 Å². The third kappa shape index (κ3) is 3.05. The third-order valence-electron chi connectivity index (χ3n) is 4.03. The van der Waals surface area contributed by atoms with Crippen molar-refractivity contribution in [3.05, 3.63) is 65.2 Å². The van der Waals surface area contributed by atoms with Gasteiger partial charge in [-0.2, -0.15) is 8.78 Å². The van der Waals surface area contributed by atoms with E-state index in [1.165, 1.54) is 23.3 Å². The zero-order chi connectivity index (χ0) is 14.8. The first kappa shape index (κ1) is 14.0. The van der Waals surface area contributed by atoms with Gasteiger partial charge in [-0.3, -0.25) is 0 Å². The SMILES string of the molecule is NC(CC1Cc2ccccc21)c1ccc(OC(F)F)cc1. The van der Waals surface area contributed by atoms with E-state index in [1.807, 2.05) is 6.07 Å². The van der Waals surface area contributed by atoms with Crippen LogP contribution in [0.4, 0.5) is 8.78 Å². The predicted molar refractivity (Wildman–Crippen MR) is 77.5 cm³/mol. The van der Waals surface area contributed by atoms with Crippen molar-refractivity contribution in [3.63, 3.8) is 0 Å². The van der Waals surface area contributed by atoms with E-state index in [0.29, 0.717) is 5.92 Å². The van der Waals surface area contributed by atoms with Crippen LogP contribution in [0.5, 0.6) is 5.75 Å². The summed E-state index contributed by atoms with van der Waals surface area (Å²) in [6.45, 7) is -2.80. The van der Waals surface area contributed by atoms with Crippen LogP contribution in [0.2, 0.25) is 0 Å². The van der Waals surface area contributed by atoms with Gasteiger partial charge in [0.15, 0.2) is 0 Å². The maximum Gasteiger partial charge on any atom is 0.387 e. The molecule has 2 aromatic rings. The molecule has 0 heterocycles. The molecule has 0 aromatic heterocycles. The molecule has 0 spiro atoms. The summed E-state index contributed by atoms with van der Waals surface area (Å²) in [4.78, 5) is 0. The quantitative estimate of drug-likeness (QED) is 0.902. The molecule has 3 rings (SSSR count). The van der Waals surface area contributed by atoms with Gasteiger partial charge >= 0.3 is 6.61 Å². The van der Waals surface area contributed by atoms with Gasteiger partial charge in [0, 0.05) is 6.04 Å². The van der Waals surface area contributed by atoms with Crippen molar-refractivity contribution in [2.75, 3.05) is 0 Å². The van der Waals surface area contributed by atoms with Crippen LogP contribution < -0.4 is 10.5 Å². The number of rotatable bonds is 5. The summed E-state index contributed by atoms with van der Waals surface area (Å²) in [6.07, 6.45) is 1.93. The Balaban J connectivity index is 1.62. The van der Waals surface area contributed by atoms with Crippen LogP contribution in [0.15, 0.2) is 48.5 Å². The van der Waals surface area contributed by atoms with Crippen molar-refractivity contribution < 1.29 is 13.5 Å². The lowest BCUT2D eigenvalue weighted by atomic mass is 9.74. The topological polar surface area (TPSA) is 35.2 Å². The Kier molecular flexibility index (Phi) is 3.88. The van der Waals surface area contributed by atoms with E-state index < -0.39 is 6.61 Å². The highest BCUT2D eigenvalue weighted by Crippen LogP contribution is 2.40. The maximum atomic E-state index is 12.1. The molecular formula is C17H17F2NO. The minimum absolute atomic E-state index is 0.0936. The molecular weight excluding hydrogens is 272 g/mol. The number of nitrogens with two attached hydrogens (primary N) is 1. The lowest BCUT2D eigenvalue weighted by Crippen LogP contribution is -2.22. The second kappa shape index (κ2) is 5.82. The number of hydrogen-bond donors (Lipinski definition) is 1. The lowest BCUT2D eigenvalue weighted by Gasteiger charge is -2.32. The fourth-order valence-electron chi connectivity index (χ4n) is 2.91. The molecule has 0 bridgehead atoms. The first-order valence-electron chi connectivity index (χ1n) is 7.01. The van der Waals surface area contributed by atoms with Crippen LogP contribution in [-0.2, 0) is 6.42 Å². The molecule has 1 aliphatic rings. The Bertz CT molecular complexity index is 612. The smallest absolute Gasteiger partial charge is 0.387 e. The molecule has 2 unspecified atom stereocenters. The number of ether oxygens (including phenoxy) is 1. The summed E-state index contributed by atoms with van der Waals surface area (Å²) in [5.41, 5.74) is 9.95. The van der Waals surface area contributed by atoms with Crippen molar-refractivity contribution in [2.24, 2.45) is 5.73 Å². The number of halogens is 2. The van der Waals surface area contributed by atoms with Crippen LogP contribution in [0.3, 0.4) is 0 Å². The van der Waals surface area contributed by atoms with Gasteiger partial charge in [-0.1, -0.05) is 36.4 Å². The molecule has 4 heteroatoms. The molecule has 2 nitrogen and oxygen atoms in total. The first-order chi connectivity index (χ1) is 10.1. The van der Waals surface area contributed by atoms with Crippen molar-refractivity contribution in [1.29, 1.82) is 0 Å². The van der Waals surface area contributed by atoms with Crippen LogP contribution in [0, 0.1) is 0 Å². The molecule has 1 aliphatic carbocycles. The van der Waals surface area contributed by atoms with Gasteiger partial charge in [-0.25, -0.2) is 0 Å². The van der Waals surface area contributed by atoms with Crippen LogP contribution in [0.1, 0.15) is 35.1 Å². The van der Waals surface area contributed by atoms with E-state index in [-0.39, 0.29) is 11.8 Å². The highest BCUT2D eigenvalue weighted by atomic mass is 19.3. The Labute approximate surface area is 122 Å². The molecule has 0 radical (unpaired) electrons. The van der Waals surface area contributed by atoms with Gasteiger partial charge in [0.05, 0.1) is 0 Å². The van der Waals surface area contributed by atoms with E-state index in [2.05, 4.69) is 22.9 Å². The zero-order valence-electron chi connectivity index (χ0n) is 11.5. The molecule has 0 aliphatic heterocycles. The summed E-state index contributed by atoms with van der Waals surface area (Å²) in [7, 11) is 0. The predicted octanol–water partition coefficient (Wildman–Crippen LogP) is 4.02. The fraction of sp³-hybridized carbons (Fsp3) is 0.294. The minimum Gasteiger partial charge on any atom is -0.435 e. The maximum absolute atomic E-state index is 12.1. The normalized spacial score (nSPS) is 18.0. The van der Waals surface area contributed by atoms with E-state index >= 15 is 0 Å². The zero-order valence-corrected chi connectivity index (χ0v) is 11.5. The van der Waals surface area contributed by atoms with Gasteiger partial charge < -0.3 is 10.5 Å². The molecule has 2 atom stereocenters. The molecule has 2 N–H and O–H groups in total. The van der Waals surface area contributed by atoms with Crippen LogP contribution in [0.25, 0.3) is 0 Å². The fourth-order valence-corrected chi connectivity index (χ4v) is 2.91. The van der Waals surface area contributed by atoms with Crippen LogP contribution in [-0.4, -0.2) is 6.61 Å². The summed E-state index contributed by atoms with van der Waals surface area (Å²) in [5.74, 6) is 0.656. The van der Waals surface area contributed by atoms with E-state index in [9.17, 15) is 8.78 Å². The van der Waals surface area contributed by atoms with Crippen LogP contribution >= 0.6 is 0 Å². The lowest BCUT2D eigenvalue weighted by molar-refractivity contribution is -0.0498. The molecule has 0 amide bonds. The standard InChI is InChI=1S/C17H17F2NO/c18-17(19)21-14-7-5-11(6-8-14)16(20)10-13-9-12-3-1-2-4-15(12)13/h1-8,13,16-17H,9-10,20H2. The molecule has 21 heavy (non-hydrogen) atoms. The monoisotopic (exact) mass is 289 g/mol. The molecule has 0 saturated carbocycles. The van der Waals surface area contributed by atoms with Crippen molar-refractivity contribution >= 4 is 0 Å². The second-order valence-corrected chi connectivity index (χ2v) is 5.39. The van der Waals surface area contributed by atoms with Gasteiger partial charge in [-0.05, 0) is 47.6 Å². The summed E-state index contributed by atoms with van der Waals surface area (Å²) >= 11 is 0. The van der Waals surface area contributed by atoms with Gasteiger partial charge in [0.1, 0.15) is 5.75 Å². The highest BCUT2D eigenvalue weighted by Gasteiger charge is 2.27. The van der Waals surface area contributed by atoms with Crippen molar-refractivity contribution in [1.82, 2.24) is 0 Å². The van der Waals surface area contributed by atoms with E-state index in [0.717, 1.165) is 18.4 Å². The summed E-state index contributed by atoms with van der Waals surface area (Å²) < 4.78 is 28.5. The van der Waals surface area contributed by atoms with Gasteiger partial charge in [0.2, 0.25) is 0 Å². The highest BCUT2D eigenvalue weighted by molar-refractivity contribution is 5.40. The average molecular weight is 289 g/mol. The third-order valence-corrected chi connectivity index (χ3v) is 4.03. The van der Waals surface area contributed by atoms with Crippen molar-refractivity contribution in [2.45, 2.75) is 31.4 Å². The summed E-state index contributed by atoms with van der Waals surface area (Å²) in [5, 5.41) is 0. The van der Waals surface area contributed by atoms with E-state index in [1.54, 1.807) is 12.1 Å². The van der Waals surface area contributed by atoms with Crippen molar-refractivity contribution in [3.8, 4) is 5.75 Å². The molecule has 2 aromatic carbocycles. The molecule has 110 valence electrons. The number of hydrogen-bond acceptors (Lipinski definition) is 2. The Morgan fingerprint density at radius 2 is 1.81 bits per heavy atom. The second-order valence-electron chi connectivity index (χ2n) is 5.39. The average Bonchev–Trinajstić information content (AvgIpc) is 2.45. The largest absolute Gasteiger partial charge is 0.435 e. The Morgan fingerprint density at radius 3 is 2.48 bits per heavy atom. The number of benzene rings is 2. The Morgan fingerprint density at radius 1 is 1.10 bits per heavy atom. The molecule has 0 saturated heterocycles. The number of alkyl halides is 2. The number of fused-ring (bicyclic) bond motifs is 1. The summed E-state index contributed by atoms with van der Waals surface area (Å²) in [6, 6.07) is 14.9. The first-order valence-corrected chi connectivity index (χ1v) is 7.01.